The van der Waals surface area contributed by atoms with E-state index in [1.165, 1.54) is 25.1 Å². The molecule has 1 saturated carbocycles. The van der Waals surface area contributed by atoms with Gasteiger partial charge in [0.15, 0.2) is 0 Å². The smallest absolute Gasteiger partial charge is 0.141 e. The zero-order valence-electron chi connectivity index (χ0n) is 12.1. The molecule has 0 bridgehead atoms. The van der Waals surface area contributed by atoms with E-state index >= 15 is 0 Å². The monoisotopic (exact) mass is 281 g/mol. The lowest BCUT2D eigenvalue weighted by Crippen LogP contribution is -2.33. The first-order chi connectivity index (χ1) is 9.74. The average Bonchev–Trinajstić information content (AvgIpc) is 3.27. The van der Waals surface area contributed by atoms with E-state index in [2.05, 4.69) is 22.1 Å². The normalized spacial score (nSPS) is 16.6. The standard InChI is InChI=1S/C15H24FN3O/c1-2-17-15(14-6-3-12(16)11-18-14)7-8-19(9-10-20)13-4-5-13/h3,6,11,13,15,17,20H,2,4-5,7-10H2,1H3. The Morgan fingerprint density at radius 3 is 2.80 bits per heavy atom. The molecule has 1 unspecified atom stereocenters. The van der Waals surface area contributed by atoms with E-state index in [4.69, 9.17) is 5.11 Å². The number of nitrogens with zero attached hydrogens (tertiary/aromatic N) is 2. The number of hydrogen-bond acceptors (Lipinski definition) is 4. The Kier molecular flexibility index (Phi) is 5.88. The molecule has 4 nitrogen and oxygen atoms in total. The van der Waals surface area contributed by atoms with Crippen molar-refractivity contribution in [2.24, 2.45) is 0 Å². The van der Waals surface area contributed by atoms with Crippen LogP contribution in [-0.2, 0) is 0 Å². The van der Waals surface area contributed by atoms with Crippen molar-refractivity contribution in [2.75, 3.05) is 26.2 Å². The van der Waals surface area contributed by atoms with Crippen LogP contribution in [0.25, 0.3) is 0 Å². The minimum Gasteiger partial charge on any atom is -0.395 e. The summed E-state index contributed by atoms with van der Waals surface area (Å²) in [5, 5.41) is 12.5. The largest absolute Gasteiger partial charge is 0.395 e. The van der Waals surface area contributed by atoms with Crippen LogP contribution in [0, 0.1) is 5.82 Å². The van der Waals surface area contributed by atoms with Crippen molar-refractivity contribution in [2.45, 2.75) is 38.3 Å². The summed E-state index contributed by atoms with van der Waals surface area (Å²) in [5.74, 6) is -0.302. The summed E-state index contributed by atoms with van der Waals surface area (Å²) in [6.45, 7) is 4.79. The molecule has 1 fully saturated rings. The molecular weight excluding hydrogens is 257 g/mol. The van der Waals surface area contributed by atoms with E-state index in [1.807, 2.05) is 0 Å². The van der Waals surface area contributed by atoms with Gasteiger partial charge >= 0.3 is 0 Å². The van der Waals surface area contributed by atoms with Gasteiger partial charge in [-0.2, -0.15) is 0 Å². The van der Waals surface area contributed by atoms with Crippen molar-refractivity contribution in [1.29, 1.82) is 0 Å². The average molecular weight is 281 g/mol. The summed E-state index contributed by atoms with van der Waals surface area (Å²) < 4.78 is 12.9. The van der Waals surface area contributed by atoms with Crippen LogP contribution in [0.5, 0.6) is 0 Å². The summed E-state index contributed by atoms with van der Waals surface area (Å²) in [7, 11) is 0. The summed E-state index contributed by atoms with van der Waals surface area (Å²) in [6, 6.07) is 3.99. The van der Waals surface area contributed by atoms with Crippen molar-refractivity contribution in [3.05, 3.63) is 29.8 Å². The fourth-order valence-corrected chi connectivity index (χ4v) is 2.53. The van der Waals surface area contributed by atoms with Gasteiger partial charge in [0.05, 0.1) is 24.5 Å². The highest BCUT2D eigenvalue weighted by atomic mass is 19.1. The molecule has 5 heteroatoms. The van der Waals surface area contributed by atoms with Gasteiger partial charge in [-0.1, -0.05) is 6.92 Å². The van der Waals surface area contributed by atoms with Gasteiger partial charge in [-0.15, -0.1) is 0 Å². The third-order valence-electron chi connectivity index (χ3n) is 3.71. The second kappa shape index (κ2) is 7.67. The first kappa shape index (κ1) is 15.4. The predicted molar refractivity (Wildman–Crippen MR) is 76.9 cm³/mol. The maximum absolute atomic E-state index is 12.9. The zero-order chi connectivity index (χ0) is 14.4. The maximum Gasteiger partial charge on any atom is 0.141 e. The number of nitrogens with one attached hydrogen (secondary N) is 1. The highest BCUT2D eigenvalue weighted by molar-refractivity contribution is 5.10. The lowest BCUT2D eigenvalue weighted by Gasteiger charge is -2.24. The van der Waals surface area contributed by atoms with Crippen LogP contribution in [0.1, 0.15) is 37.9 Å². The number of pyridine rings is 1. The van der Waals surface area contributed by atoms with E-state index in [0.717, 1.165) is 31.7 Å². The third kappa shape index (κ3) is 4.51. The van der Waals surface area contributed by atoms with Crippen molar-refractivity contribution in [1.82, 2.24) is 15.2 Å². The van der Waals surface area contributed by atoms with Crippen LogP contribution < -0.4 is 5.32 Å². The molecule has 1 aliphatic carbocycles. The fraction of sp³-hybridized carbons (Fsp3) is 0.667. The lowest BCUT2D eigenvalue weighted by atomic mass is 10.1. The van der Waals surface area contributed by atoms with Gasteiger partial charge in [0.2, 0.25) is 0 Å². The van der Waals surface area contributed by atoms with Crippen LogP contribution in [0.3, 0.4) is 0 Å². The molecule has 0 aromatic carbocycles. The second-order valence-corrected chi connectivity index (χ2v) is 5.29. The molecule has 1 aliphatic rings. The van der Waals surface area contributed by atoms with Gasteiger partial charge in [-0.3, -0.25) is 9.88 Å². The fourth-order valence-electron chi connectivity index (χ4n) is 2.53. The van der Waals surface area contributed by atoms with E-state index in [1.54, 1.807) is 6.07 Å². The van der Waals surface area contributed by atoms with Crippen LogP contribution in [-0.4, -0.2) is 47.3 Å². The summed E-state index contributed by atoms with van der Waals surface area (Å²) in [4.78, 5) is 6.52. The van der Waals surface area contributed by atoms with Gasteiger partial charge in [0, 0.05) is 19.1 Å². The minimum atomic E-state index is -0.302. The second-order valence-electron chi connectivity index (χ2n) is 5.29. The van der Waals surface area contributed by atoms with Gasteiger partial charge in [-0.25, -0.2) is 4.39 Å². The number of aromatic nitrogens is 1. The number of halogens is 1. The molecule has 1 aromatic rings. The number of aliphatic hydroxyl groups is 1. The first-order valence-corrected chi connectivity index (χ1v) is 7.44. The van der Waals surface area contributed by atoms with E-state index in [9.17, 15) is 4.39 Å². The Morgan fingerprint density at radius 2 is 2.25 bits per heavy atom. The minimum absolute atomic E-state index is 0.139. The van der Waals surface area contributed by atoms with Crippen molar-refractivity contribution in [3.63, 3.8) is 0 Å². The predicted octanol–water partition coefficient (Wildman–Crippen LogP) is 1.72. The summed E-state index contributed by atoms with van der Waals surface area (Å²) in [6.07, 6.45) is 4.66. The Balaban J connectivity index is 1.92. The van der Waals surface area contributed by atoms with Gasteiger partial charge in [0.25, 0.3) is 0 Å². The van der Waals surface area contributed by atoms with Crippen LogP contribution in [0.15, 0.2) is 18.3 Å². The van der Waals surface area contributed by atoms with E-state index in [0.29, 0.717) is 6.04 Å². The van der Waals surface area contributed by atoms with Crippen LogP contribution >= 0.6 is 0 Å². The van der Waals surface area contributed by atoms with Gasteiger partial charge in [0.1, 0.15) is 5.82 Å². The first-order valence-electron chi connectivity index (χ1n) is 7.44. The van der Waals surface area contributed by atoms with Crippen molar-refractivity contribution < 1.29 is 9.50 Å². The van der Waals surface area contributed by atoms with Crippen molar-refractivity contribution >= 4 is 0 Å². The Morgan fingerprint density at radius 1 is 1.45 bits per heavy atom. The van der Waals surface area contributed by atoms with Crippen LogP contribution in [0.2, 0.25) is 0 Å². The Bertz CT molecular complexity index is 395. The maximum atomic E-state index is 12.9. The molecular formula is C15H24FN3O. The summed E-state index contributed by atoms with van der Waals surface area (Å²) in [5.41, 5.74) is 0.882. The highest BCUT2D eigenvalue weighted by Gasteiger charge is 2.28. The van der Waals surface area contributed by atoms with E-state index < -0.39 is 0 Å². The lowest BCUT2D eigenvalue weighted by molar-refractivity contribution is 0.182. The zero-order valence-corrected chi connectivity index (χ0v) is 12.1. The molecule has 1 aromatic heterocycles. The Hall–Kier alpha value is -1.04. The quantitative estimate of drug-likeness (QED) is 0.723. The highest BCUT2D eigenvalue weighted by Crippen LogP contribution is 2.27. The molecule has 2 N–H and O–H groups in total. The molecule has 2 rings (SSSR count). The molecule has 0 spiro atoms. The van der Waals surface area contributed by atoms with Gasteiger partial charge in [-0.05, 0) is 37.9 Å². The molecule has 0 saturated heterocycles. The molecule has 112 valence electrons. The molecule has 20 heavy (non-hydrogen) atoms. The number of aliphatic hydroxyl groups excluding tert-OH is 1. The van der Waals surface area contributed by atoms with Crippen LogP contribution in [0.4, 0.5) is 4.39 Å². The number of hydrogen-bond donors (Lipinski definition) is 2. The Labute approximate surface area is 120 Å². The topological polar surface area (TPSA) is 48.4 Å². The molecule has 1 heterocycles. The van der Waals surface area contributed by atoms with Crippen molar-refractivity contribution in [3.8, 4) is 0 Å². The van der Waals surface area contributed by atoms with E-state index in [-0.39, 0.29) is 18.5 Å². The molecule has 0 radical (unpaired) electrons. The molecule has 1 atom stereocenters. The van der Waals surface area contributed by atoms with Gasteiger partial charge < -0.3 is 10.4 Å². The number of rotatable bonds is 9. The third-order valence-corrected chi connectivity index (χ3v) is 3.71. The summed E-state index contributed by atoms with van der Waals surface area (Å²) >= 11 is 0. The molecule has 0 aliphatic heterocycles. The molecule has 0 amide bonds. The SMILES string of the molecule is CCNC(CCN(CCO)C1CC1)c1ccc(F)cn1.